The van der Waals surface area contributed by atoms with Crippen LogP contribution in [0.5, 0.6) is 0 Å². The number of carbonyl (C=O) groups excluding carboxylic acids is 1. The van der Waals surface area contributed by atoms with Gasteiger partial charge in [-0.1, -0.05) is 48.5 Å². The second kappa shape index (κ2) is 7.11. The maximum absolute atomic E-state index is 12.2. The number of carbonyl (C=O) groups is 1. The largest absolute Gasteiger partial charge is 0.449 e. The molecule has 0 unspecified atom stereocenters. The van der Waals surface area contributed by atoms with Crippen LogP contribution in [0.25, 0.3) is 22.4 Å². The maximum atomic E-state index is 12.2. The van der Waals surface area contributed by atoms with E-state index in [1.807, 2.05) is 61.0 Å². The lowest BCUT2D eigenvalue weighted by molar-refractivity contribution is 0.0916. The third kappa shape index (κ3) is 3.49. The van der Waals surface area contributed by atoms with E-state index in [0.29, 0.717) is 18.1 Å². The van der Waals surface area contributed by atoms with Crippen LogP contribution >= 0.6 is 0 Å². The molecule has 0 radical (unpaired) electrons. The Labute approximate surface area is 157 Å². The molecule has 0 aliphatic rings. The molecule has 5 nitrogen and oxygen atoms in total. The molecule has 4 rings (SSSR count). The Balaban J connectivity index is 1.72. The second-order valence-corrected chi connectivity index (χ2v) is 6.80. The number of furan rings is 1. The quantitative estimate of drug-likeness (QED) is 0.571. The van der Waals surface area contributed by atoms with E-state index in [1.165, 1.54) is 5.56 Å². The van der Waals surface area contributed by atoms with E-state index in [0.717, 1.165) is 16.6 Å². The van der Waals surface area contributed by atoms with Crippen LogP contribution in [0.1, 0.15) is 30.0 Å². The molecule has 0 saturated carbocycles. The number of para-hydroxylation sites is 1. The van der Waals surface area contributed by atoms with E-state index in [4.69, 9.17) is 9.52 Å². The van der Waals surface area contributed by atoms with Gasteiger partial charge < -0.3 is 9.73 Å². The molecule has 0 aliphatic heterocycles. The first-order valence-electron chi connectivity index (χ1n) is 9.02. The highest BCUT2D eigenvalue weighted by Crippen LogP contribution is 2.29. The SMILES string of the molecule is CC(C)NC(=O)c1ccc(-c2nn(Cc3ccccc3)c3ccccc23)o1. The van der Waals surface area contributed by atoms with Crippen molar-refractivity contribution in [2.24, 2.45) is 0 Å². The number of fused-ring (bicyclic) bond motifs is 1. The predicted octanol–water partition coefficient (Wildman–Crippen LogP) is 4.48. The summed E-state index contributed by atoms with van der Waals surface area (Å²) in [6.45, 7) is 4.50. The van der Waals surface area contributed by atoms with Crippen LogP contribution in [0.15, 0.2) is 71.1 Å². The molecule has 2 aromatic carbocycles. The minimum absolute atomic E-state index is 0.0527. The third-order valence-corrected chi connectivity index (χ3v) is 4.32. The van der Waals surface area contributed by atoms with Gasteiger partial charge in [-0.05, 0) is 37.6 Å². The standard InChI is InChI=1S/C22H21N3O2/c1-15(2)23-22(26)20-13-12-19(27-20)21-17-10-6-7-11-18(17)25(24-21)14-16-8-4-3-5-9-16/h3-13,15H,14H2,1-2H3,(H,23,26). The molecule has 2 aromatic heterocycles. The third-order valence-electron chi connectivity index (χ3n) is 4.32. The molecule has 0 fully saturated rings. The van der Waals surface area contributed by atoms with Crippen molar-refractivity contribution in [3.05, 3.63) is 78.1 Å². The summed E-state index contributed by atoms with van der Waals surface area (Å²) in [4.78, 5) is 12.2. The van der Waals surface area contributed by atoms with Crippen molar-refractivity contribution < 1.29 is 9.21 Å². The van der Waals surface area contributed by atoms with Crippen molar-refractivity contribution in [1.29, 1.82) is 0 Å². The monoisotopic (exact) mass is 359 g/mol. The highest BCUT2D eigenvalue weighted by Gasteiger charge is 2.18. The van der Waals surface area contributed by atoms with Crippen LogP contribution in [-0.2, 0) is 6.54 Å². The first kappa shape index (κ1) is 17.1. The average molecular weight is 359 g/mol. The summed E-state index contributed by atoms with van der Waals surface area (Å²) in [5.41, 5.74) is 2.94. The van der Waals surface area contributed by atoms with Crippen molar-refractivity contribution in [3.8, 4) is 11.5 Å². The number of nitrogens with one attached hydrogen (secondary N) is 1. The van der Waals surface area contributed by atoms with E-state index in [-0.39, 0.29) is 11.9 Å². The Morgan fingerprint density at radius 3 is 2.56 bits per heavy atom. The van der Waals surface area contributed by atoms with Crippen molar-refractivity contribution in [2.45, 2.75) is 26.4 Å². The molecule has 0 atom stereocenters. The zero-order valence-electron chi connectivity index (χ0n) is 15.3. The number of hydrogen-bond acceptors (Lipinski definition) is 3. The number of hydrogen-bond donors (Lipinski definition) is 1. The summed E-state index contributed by atoms with van der Waals surface area (Å²) in [6, 6.07) is 21.8. The molecular formula is C22H21N3O2. The van der Waals surface area contributed by atoms with Gasteiger partial charge in [0.1, 0.15) is 5.69 Å². The normalized spacial score (nSPS) is 11.2. The summed E-state index contributed by atoms with van der Waals surface area (Å²) >= 11 is 0. The predicted molar refractivity (Wildman–Crippen MR) is 106 cm³/mol. The number of amides is 1. The van der Waals surface area contributed by atoms with Gasteiger partial charge in [-0.15, -0.1) is 0 Å². The van der Waals surface area contributed by atoms with Crippen LogP contribution in [-0.4, -0.2) is 21.7 Å². The van der Waals surface area contributed by atoms with E-state index in [9.17, 15) is 4.79 Å². The van der Waals surface area contributed by atoms with Gasteiger partial charge in [0.05, 0.1) is 12.1 Å². The van der Waals surface area contributed by atoms with Gasteiger partial charge in [0, 0.05) is 11.4 Å². The first-order chi connectivity index (χ1) is 13.1. The minimum atomic E-state index is -0.218. The highest BCUT2D eigenvalue weighted by molar-refractivity contribution is 5.95. The van der Waals surface area contributed by atoms with E-state index in [2.05, 4.69) is 17.4 Å². The van der Waals surface area contributed by atoms with Crippen molar-refractivity contribution in [1.82, 2.24) is 15.1 Å². The molecule has 0 spiro atoms. The van der Waals surface area contributed by atoms with Crippen LogP contribution in [0.2, 0.25) is 0 Å². The summed E-state index contributed by atoms with van der Waals surface area (Å²) in [5, 5.41) is 8.62. The fourth-order valence-electron chi connectivity index (χ4n) is 3.11. The summed E-state index contributed by atoms with van der Waals surface area (Å²) in [5.74, 6) is 0.664. The molecule has 0 bridgehead atoms. The average Bonchev–Trinajstić information content (AvgIpc) is 3.28. The molecular weight excluding hydrogens is 338 g/mol. The Kier molecular flexibility index (Phi) is 4.50. The fraction of sp³-hybridized carbons (Fsp3) is 0.182. The first-order valence-corrected chi connectivity index (χ1v) is 9.02. The molecule has 0 aliphatic carbocycles. The molecule has 136 valence electrons. The van der Waals surface area contributed by atoms with Crippen molar-refractivity contribution >= 4 is 16.8 Å². The smallest absolute Gasteiger partial charge is 0.287 e. The summed E-state index contributed by atoms with van der Waals surface area (Å²) < 4.78 is 7.78. The van der Waals surface area contributed by atoms with Crippen LogP contribution in [0, 0.1) is 0 Å². The number of rotatable bonds is 5. The van der Waals surface area contributed by atoms with E-state index in [1.54, 1.807) is 12.1 Å². The maximum Gasteiger partial charge on any atom is 0.287 e. The molecule has 1 amide bonds. The second-order valence-electron chi connectivity index (χ2n) is 6.80. The van der Waals surface area contributed by atoms with Crippen LogP contribution < -0.4 is 5.32 Å². The zero-order chi connectivity index (χ0) is 18.8. The molecule has 5 heteroatoms. The Morgan fingerprint density at radius 2 is 1.78 bits per heavy atom. The van der Waals surface area contributed by atoms with Gasteiger partial charge in [-0.25, -0.2) is 0 Å². The van der Waals surface area contributed by atoms with E-state index >= 15 is 0 Å². The van der Waals surface area contributed by atoms with Crippen molar-refractivity contribution in [2.75, 3.05) is 0 Å². The van der Waals surface area contributed by atoms with Gasteiger partial charge in [-0.2, -0.15) is 5.10 Å². The number of nitrogens with zero attached hydrogens (tertiary/aromatic N) is 2. The summed E-state index contributed by atoms with van der Waals surface area (Å²) in [6.07, 6.45) is 0. The Hall–Kier alpha value is -3.34. The van der Waals surface area contributed by atoms with E-state index < -0.39 is 0 Å². The van der Waals surface area contributed by atoms with Gasteiger partial charge in [0.15, 0.2) is 11.5 Å². The topological polar surface area (TPSA) is 60.1 Å². The molecule has 0 saturated heterocycles. The fourth-order valence-corrected chi connectivity index (χ4v) is 3.11. The molecule has 4 aromatic rings. The minimum Gasteiger partial charge on any atom is -0.449 e. The molecule has 1 N–H and O–H groups in total. The summed E-state index contributed by atoms with van der Waals surface area (Å²) in [7, 11) is 0. The lowest BCUT2D eigenvalue weighted by Crippen LogP contribution is -2.29. The van der Waals surface area contributed by atoms with Crippen LogP contribution in [0.4, 0.5) is 0 Å². The number of benzene rings is 2. The molecule has 27 heavy (non-hydrogen) atoms. The van der Waals surface area contributed by atoms with Crippen LogP contribution in [0.3, 0.4) is 0 Å². The highest BCUT2D eigenvalue weighted by atomic mass is 16.4. The zero-order valence-corrected chi connectivity index (χ0v) is 15.3. The lowest BCUT2D eigenvalue weighted by Gasteiger charge is -2.05. The van der Waals surface area contributed by atoms with Gasteiger partial charge >= 0.3 is 0 Å². The van der Waals surface area contributed by atoms with Gasteiger partial charge in [0.25, 0.3) is 5.91 Å². The van der Waals surface area contributed by atoms with Gasteiger partial charge in [0.2, 0.25) is 0 Å². The Morgan fingerprint density at radius 1 is 1.04 bits per heavy atom. The van der Waals surface area contributed by atoms with Gasteiger partial charge in [-0.3, -0.25) is 9.48 Å². The molecule has 2 heterocycles. The Bertz CT molecular complexity index is 1080. The number of aromatic nitrogens is 2. The van der Waals surface area contributed by atoms with Crippen molar-refractivity contribution in [3.63, 3.8) is 0 Å². The lowest BCUT2D eigenvalue weighted by atomic mass is 10.2.